The number of ether oxygens (including phenoxy) is 1. The first kappa shape index (κ1) is 20.5. The number of benzene rings is 2. The first-order chi connectivity index (χ1) is 12.4. The van der Waals surface area contributed by atoms with Crippen molar-refractivity contribution in [2.75, 3.05) is 32.1 Å². The van der Waals surface area contributed by atoms with Gasteiger partial charge in [-0.2, -0.15) is 8.78 Å². The number of thioether (sulfide) groups is 1. The molecule has 1 unspecified atom stereocenters. The molecule has 4 nitrogen and oxygen atoms in total. The van der Waals surface area contributed by atoms with Crippen LogP contribution in [0.3, 0.4) is 0 Å². The second-order valence-corrected chi connectivity index (χ2v) is 7.08. The normalized spacial score (nSPS) is 12.0. The van der Waals surface area contributed by atoms with Gasteiger partial charge in [0.05, 0.1) is 12.7 Å². The van der Waals surface area contributed by atoms with Crippen molar-refractivity contribution in [2.45, 2.75) is 10.7 Å². The largest absolute Gasteiger partial charge is 0.488 e. The summed E-state index contributed by atoms with van der Waals surface area (Å²) in [7, 11) is 1.87. The third kappa shape index (κ3) is 7.19. The minimum absolute atomic E-state index is 0.206. The van der Waals surface area contributed by atoms with Crippen LogP contribution < -0.4 is 15.0 Å². The minimum Gasteiger partial charge on any atom is -0.488 e. The van der Waals surface area contributed by atoms with Crippen molar-refractivity contribution in [1.82, 2.24) is 0 Å². The van der Waals surface area contributed by atoms with Gasteiger partial charge >= 0.3 is 0 Å². The number of amides is 1. The van der Waals surface area contributed by atoms with Gasteiger partial charge in [-0.1, -0.05) is 35.5 Å². The summed E-state index contributed by atoms with van der Waals surface area (Å²) >= 11 is 6.23. The number of hydrogen-bond donors (Lipinski definition) is 2. The minimum atomic E-state index is -2.54. The lowest BCUT2D eigenvalue weighted by molar-refractivity contribution is -0.871. The fourth-order valence-corrected chi connectivity index (χ4v) is 2.92. The standard InChI is InChI=1S/C18H19ClF2N2O2S/c1-23(10-11-25-14-8-6-13(19)7-9-14)12-17(24)22-15-4-2-3-5-16(15)26-18(20)21/h2-9,18H,10-12H2,1H3,(H,22,24)/p+1. The zero-order chi connectivity index (χ0) is 18.9. The number of quaternary nitrogens is 1. The molecule has 0 aliphatic carbocycles. The Kier molecular flexibility index (Phi) is 8.15. The van der Waals surface area contributed by atoms with Crippen LogP contribution in [0.5, 0.6) is 5.75 Å². The van der Waals surface area contributed by atoms with Crippen molar-refractivity contribution >= 4 is 35.0 Å². The topological polar surface area (TPSA) is 42.8 Å². The number of likely N-dealkylation sites (N-methyl/N-ethyl adjacent to an activating group) is 1. The number of carbonyl (C=O) groups excluding carboxylic acids is 1. The predicted octanol–water partition coefficient (Wildman–Crippen LogP) is 3.19. The van der Waals surface area contributed by atoms with Crippen LogP contribution in [0.4, 0.5) is 14.5 Å². The number of halogens is 3. The average molecular weight is 402 g/mol. The van der Waals surface area contributed by atoms with E-state index in [1.807, 2.05) is 7.05 Å². The van der Waals surface area contributed by atoms with E-state index in [2.05, 4.69) is 5.32 Å². The van der Waals surface area contributed by atoms with Crippen LogP contribution in [-0.2, 0) is 4.79 Å². The van der Waals surface area contributed by atoms with Gasteiger partial charge in [-0.05, 0) is 36.4 Å². The van der Waals surface area contributed by atoms with E-state index < -0.39 is 5.76 Å². The molecule has 1 amide bonds. The number of alkyl halides is 2. The predicted molar refractivity (Wildman–Crippen MR) is 101 cm³/mol. The second kappa shape index (κ2) is 10.4. The molecule has 2 aromatic carbocycles. The van der Waals surface area contributed by atoms with Crippen LogP contribution in [0.2, 0.25) is 5.02 Å². The Labute approximate surface area is 160 Å². The van der Waals surface area contributed by atoms with Crippen LogP contribution in [0, 0.1) is 0 Å². The van der Waals surface area contributed by atoms with Gasteiger partial charge in [-0.15, -0.1) is 0 Å². The maximum absolute atomic E-state index is 12.6. The van der Waals surface area contributed by atoms with Crippen molar-refractivity contribution in [1.29, 1.82) is 0 Å². The molecule has 2 N–H and O–H groups in total. The molecule has 0 aliphatic rings. The quantitative estimate of drug-likeness (QED) is 0.634. The molecule has 0 aromatic heterocycles. The van der Waals surface area contributed by atoms with E-state index in [4.69, 9.17) is 16.3 Å². The zero-order valence-corrected chi connectivity index (χ0v) is 15.7. The molecule has 2 aromatic rings. The third-order valence-corrected chi connectivity index (χ3v) is 4.49. The van der Waals surface area contributed by atoms with E-state index in [0.29, 0.717) is 46.3 Å². The first-order valence-electron chi connectivity index (χ1n) is 7.97. The van der Waals surface area contributed by atoms with Gasteiger partial charge in [-0.25, -0.2) is 0 Å². The molecule has 0 saturated carbocycles. The highest BCUT2D eigenvalue weighted by Gasteiger charge is 2.14. The molecule has 0 fully saturated rings. The van der Waals surface area contributed by atoms with Crippen molar-refractivity contribution < 1.29 is 23.2 Å². The van der Waals surface area contributed by atoms with E-state index in [0.717, 1.165) is 4.90 Å². The van der Waals surface area contributed by atoms with Crippen LogP contribution in [0.25, 0.3) is 0 Å². The molecule has 26 heavy (non-hydrogen) atoms. The summed E-state index contributed by atoms with van der Waals surface area (Å²) < 4.78 is 30.7. The van der Waals surface area contributed by atoms with Gasteiger partial charge in [-0.3, -0.25) is 4.79 Å². The maximum Gasteiger partial charge on any atom is 0.288 e. The molecule has 8 heteroatoms. The fourth-order valence-electron chi connectivity index (χ4n) is 2.20. The van der Waals surface area contributed by atoms with Crippen LogP contribution >= 0.6 is 23.4 Å². The average Bonchev–Trinajstić information content (AvgIpc) is 2.58. The summed E-state index contributed by atoms with van der Waals surface area (Å²) in [5.41, 5.74) is 0.396. The Morgan fingerprint density at radius 2 is 1.92 bits per heavy atom. The van der Waals surface area contributed by atoms with Crippen molar-refractivity contribution in [3.63, 3.8) is 0 Å². The lowest BCUT2D eigenvalue weighted by Gasteiger charge is -2.15. The first-order valence-corrected chi connectivity index (χ1v) is 9.23. The summed E-state index contributed by atoms with van der Waals surface area (Å²) in [6.45, 7) is 1.26. The van der Waals surface area contributed by atoms with E-state index in [9.17, 15) is 13.6 Å². The zero-order valence-electron chi connectivity index (χ0n) is 14.2. The van der Waals surface area contributed by atoms with Gasteiger partial charge in [0, 0.05) is 9.92 Å². The van der Waals surface area contributed by atoms with Crippen molar-refractivity contribution in [3.05, 3.63) is 53.6 Å². The summed E-state index contributed by atoms with van der Waals surface area (Å²) in [6, 6.07) is 13.6. The second-order valence-electron chi connectivity index (χ2n) is 5.61. The molecule has 1 atom stereocenters. The molecule has 140 valence electrons. The number of nitrogens with one attached hydrogen (secondary N) is 2. The molecule has 0 aliphatic heterocycles. The Morgan fingerprint density at radius 3 is 2.62 bits per heavy atom. The van der Waals surface area contributed by atoms with E-state index in [1.165, 1.54) is 0 Å². The third-order valence-electron chi connectivity index (χ3n) is 3.45. The van der Waals surface area contributed by atoms with Crippen LogP contribution in [0.15, 0.2) is 53.4 Å². The Hall–Kier alpha value is -1.83. The summed E-state index contributed by atoms with van der Waals surface area (Å²) in [5, 5.41) is 3.33. The summed E-state index contributed by atoms with van der Waals surface area (Å²) in [4.78, 5) is 13.4. The molecule has 0 bridgehead atoms. The van der Waals surface area contributed by atoms with Gasteiger partial charge in [0.1, 0.15) is 18.9 Å². The SMILES string of the molecule is C[NH+](CCOc1ccc(Cl)cc1)CC(=O)Nc1ccccc1SC(F)F. The van der Waals surface area contributed by atoms with Gasteiger partial charge in [0.15, 0.2) is 6.54 Å². The highest BCUT2D eigenvalue weighted by Crippen LogP contribution is 2.31. The van der Waals surface area contributed by atoms with Gasteiger partial charge < -0.3 is 15.0 Å². The highest BCUT2D eigenvalue weighted by molar-refractivity contribution is 7.99. The molecule has 0 spiro atoms. The smallest absolute Gasteiger partial charge is 0.288 e. The van der Waals surface area contributed by atoms with E-state index in [-0.39, 0.29) is 12.5 Å². The van der Waals surface area contributed by atoms with Crippen LogP contribution in [-0.4, -0.2) is 38.4 Å². The maximum atomic E-state index is 12.6. The number of anilines is 1. The number of carbonyl (C=O) groups is 1. The summed E-state index contributed by atoms with van der Waals surface area (Å²) in [6.07, 6.45) is 0. The van der Waals surface area contributed by atoms with Crippen molar-refractivity contribution in [2.24, 2.45) is 0 Å². The number of para-hydroxylation sites is 1. The highest BCUT2D eigenvalue weighted by atomic mass is 35.5. The van der Waals surface area contributed by atoms with Crippen LogP contribution in [0.1, 0.15) is 0 Å². The molecule has 0 heterocycles. The fraction of sp³-hybridized carbons (Fsp3) is 0.278. The Morgan fingerprint density at radius 1 is 1.23 bits per heavy atom. The monoisotopic (exact) mass is 401 g/mol. The lowest BCUT2D eigenvalue weighted by Crippen LogP contribution is -3.10. The molecular formula is C18H20ClF2N2O2S+. The van der Waals surface area contributed by atoms with Crippen molar-refractivity contribution in [3.8, 4) is 5.75 Å². The molecule has 0 radical (unpaired) electrons. The summed E-state index contributed by atoms with van der Waals surface area (Å²) in [5.74, 6) is -2.06. The number of rotatable bonds is 9. The Balaban J connectivity index is 1.77. The van der Waals surface area contributed by atoms with Gasteiger partial charge in [0.25, 0.3) is 11.7 Å². The molecule has 0 saturated heterocycles. The molecule has 2 rings (SSSR count). The van der Waals surface area contributed by atoms with E-state index >= 15 is 0 Å². The Bertz CT molecular complexity index is 717. The van der Waals surface area contributed by atoms with E-state index in [1.54, 1.807) is 48.5 Å². The lowest BCUT2D eigenvalue weighted by atomic mass is 10.3. The van der Waals surface area contributed by atoms with Gasteiger partial charge in [0.2, 0.25) is 0 Å². The number of hydrogen-bond acceptors (Lipinski definition) is 3. The molecular weight excluding hydrogens is 382 g/mol.